The fourth-order valence-corrected chi connectivity index (χ4v) is 2.69. The molecule has 1 aromatic carbocycles. The molecule has 2 rings (SSSR count). The molecule has 2 N–H and O–H groups in total. The van der Waals surface area contributed by atoms with Gasteiger partial charge >= 0.3 is 6.03 Å². The van der Waals surface area contributed by atoms with Gasteiger partial charge in [-0.2, -0.15) is 0 Å². The van der Waals surface area contributed by atoms with Crippen molar-refractivity contribution in [1.29, 1.82) is 0 Å². The first-order chi connectivity index (χ1) is 10.8. The third kappa shape index (κ3) is 4.39. The molecule has 0 bridgehead atoms. The number of amides is 2. The molecule has 7 heteroatoms. The van der Waals surface area contributed by atoms with Crippen LogP contribution in [0.1, 0.15) is 43.0 Å². The molecule has 0 saturated heterocycles. The number of rotatable bonds is 4. The highest BCUT2D eigenvalue weighted by atomic mass is 35.5. The highest BCUT2D eigenvalue weighted by Gasteiger charge is 2.18. The lowest BCUT2D eigenvalue weighted by Gasteiger charge is -2.18. The van der Waals surface area contributed by atoms with Gasteiger partial charge in [-0.15, -0.1) is 0 Å². The summed E-state index contributed by atoms with van der Waals surface area (Å²) in [6.07, 6.45) is 0. The zero-order valence-electron chi connectivity index (χ0n) is 12.9. The monoisotopic (exact) mass is 358 g/mol. The van der Waals surface area contributed by atoms with Gasteiger partial charge in [-0.25, -0.2) is 9.18 Å². The second-order valence-electron chi connectivity index (χ2n) is 5.30. The van der Waals surface area contributed by atoms with Crippen LogP contribution in [0.2, 0.25) is 10.0 Å². The number of benzene rings is 1. The van der Waals surface area contributed by atoms with E-state index in [4.69, 9.17) is 27.6 Å². The second-order valence-corrected chi connectivity index (χ2v) is 6.11. The molecule has 2 amide bonds. The molecule has 4 nitrogen and oxygen atoms in total. The van der Waals surface area contributed by atoms with Crippen LogP contribution in [0.3, 0.4) is 0 Å². The summed E-state index contributed by atoms with van der Waals surface area (Å²) in [6, 6.07) is 4.96. The third-order valence-electron chi connectivity index (χ3n) is 3.39. The highest BCUT2D eigenvalue weighted by Crippen LogP contribution is 2.28. The van der Waals surface area contributed by atoms with E-state index in [1.54, 1.807) is 19.9 Å². The third-order valence-corrected chi connectivity index (χ3v) is 4.01. The highest BCUT2D eigenvalue weighted by molar-refractivity contribution is 6.35. The first kappa shape index (κ1) is 17.6. The summed E-state index contributed by atoms with van der Waals surface area (Å²) in [6.45, 7) is 5.34. The Hall–Kier alpha value is -1.72. The standard InChI is InChI=1S/C16H17Cl2FN2O2/c1-8-4-5-15(23-8)10(3)21-16(22)20-9(2)11-6-14(19)13(18)7-12(11)17/h4-7,9-10H,1-3H3,(H2,20,21,22). The number of furan rings is 1. The molecule has 0 radical (unpaired) electrons. The number of urea groups is 1. The van der Waals surface area contributed by atoms with Crippen molar-refractivity contribution in [2.75, 3.05) is 0 Å². The first-order valence-electron chi connectivity index (χ1n) is 7.05. The fourth-order valence-electron chi connectivity index (χ4n) is 2.14. The molecule has 2 unspecified atom stereocenters. The molecule has 23 heavy (non-hydrogen) atoms. The minimum atomic E-state index is -0.584. The Balaban J connectivity index is 2.01. The van der Waals surface area contributed by atoms with Crippen LogP contribution in [-0.4, -0.2) is 6.03 Å². The van der Waals surface area contributed by atoms with E-state index in [-0.39, 0.29) is 11.1 Å². The summed E-state index contributed by atoms with van der Waals surface area (Å²) < 4.78 is 19.0. The Bertz CT molecular complexity index is 718. The van der Waals surface area contributed by atoms with Crippen molar-refractivity contribution >= 4 is 29.2 Å². The van der Waals surface area contributed by atoms with Gasteiger partial charge in [-0.05, 0) is 50.6 Å². The van der Waals surface area contributed by atoms with Crippen molar-refractivity contribution in [3.05, 3.63) is 57.2 Å². The van der Waals surface area contributed by atoms with Gasteiger partial charge in [0, 0.05) is 5.02 Å². The van der Waals surface area contributed by atoms with Gasteiger partial charge in [-0.1, -0.05) is 23.2 Å². The molecule has 0 spiro atoms. The van der Waals surface area contributed by atoms with E-state index in [9.17, 15) is 9.18 Å². The topological polar surface area (TPSA) is 54.3 Å². The minimum absolute atomic E-state index is 0.0581. The summed E-state index contributed by atoms with van der Waals surface area (Å²) in [5.41, 5.74) is 0.449. The molecular weight excluding hydrogens is 342 g/mol. The van der Waals surface area contributed by atoms with Gasteiger partial charge < -0.3 is 15.1 Å². The van der Waals surface area contributed by atoms with Crippen LogP contribution in [0.25, 0.3) is 0 Å². The molecule has 0 aliphatic rings. The Kier molecular flexibility index (Phi) is 5.55. The summed E-state index contributed by atoms with van der Waals surface area (Å²) >= 11 is 11.7. The Morgan fingerprint density at radius 2 is 1.78 bits per heavy atom. The number of hydrogen-bond acceptors (Lipinski definition) is 2. The van der Waals surface area contributed by atoms with Crippen LogP contribution in [0.15, 0.2) is 28.7 Å². The fraction of sp³-hybridized carbons (Fsp3) is 0.312. The molecule has 0 fully saturated rings. The maximum atomic E-state index is 13.6. The van der Waals surface area contributed by atoms with E-state index < -0.39 is 17.9 Å². The molecule has 2 atom stereocenters. The maximum absolute atomic E-state index is 13.6. The smallest absolute Gasteiger partial charge is 0.315 e. The lowest BCUT2D eigenvalue weighted by atomic mass is 10.1. The normalized spacial score (nSPS) is 13.5. The number of carbonyl (C=O) groups excluding carboxylic acids is 1. The number of halogens is 3. The molecule has 124 valence electrons. The maximum Gasteiger partial charge on any atom is 0.315 e. The average molecular weight is 359 g/mol. The van der Waals surface area contributed by atoms with E-state index in [0.29, 0.717) is 16.3 Å². The van der Waals surface area contributed by atoms with Crippen molar-refractivity contribution in [1.82, 2.24) is 10.6 Å². The van der Waals surface area contributed by atoms with Crippen LogP contribution in [0.5, 0.6) is 0 Å². The Morgan fingerprint density at radius 1 is 1.13 bits per heavy atom. The minimum Gasteiger partial charge on any atom is -0.464 e. The summed E-state index contributed by atoms with van der Waals surface area (Å²) in [4.78, 5) is 12.1. The second kappa shape index (κ2) is 7.23. The van der Waals surface area contributed by atoms with Gasteiger partial charge in [0.15, 0.2) is 0 Å². The predicted octanol–water partition coefficient (Wildman–Crippen LogP) is 5.16. The van der Waals surface area contributed by atoms with Crippen molar-refractivity contribution in [2.45, 2.75) is 32.9 Å². The van der Waals surface area contributed by atoms with Gasteiger partial charge in [0.25, 0.3) is 0 Å². The van der Waals surface area contributed by atoms with E-state index in [1.165, 1.54) is 12.1 Å². The van der Waals surface area contributed by atoms with Crippen molar-refractivity contribution in [2.24, 2.45) is 0 Å². The SMILES string of the molecule is Cc1ccc(C(C)NC(=O)NC(C)c2cc(F)c(Cl)cc2Cl)o1. The summed E-state index contributed by atoms with van der Waals surface area (Å²) in [5, 5.41) is 5.69. The number of nitrogens with one attached hydrogen (secondary N) is 2. The van der Waals surface area contributed by atoms with Gasteiger partial charge in [-0.3, -0.25) is 0 Å². The van der Waals surface area contributed by atoms with Crippen LogP contribution in [-0.2, 0) is 0 Å². The molecule has 0 aliphatic heterocycles. The molecule has 0 aliphatic carbocycles. The predicted molar refractivity (Wildman–Crippen MR) is 88.4 cm³/mol. The van der Waals surface area contributed by atoms with E-state index >= 15 is 0 Å². The average Bonchev–Trinajstić information content (AvgIpc) is 2.89. The number of carbonyl (C=O) groups is 1. The molecular formula is C16H17Cl2FN2O2. The van der Waals surface area contributed by atoms with Gasteiger partial charge in [0.05, 0.1) is 17.1 Å². The van der Waals surface area contributed by atoms with Crippen molar-refractivity contribution < 1.29 is 13.6 Å². The lowest BCUT2D eigenvalue weighted by molar-refractivity contribution is 0.233. The van der Waals surface area contributed by atoms with Crippen LogP contribution >= 0.6 is 23.2 Å². The first-order valence-corrected chi connectivity index (χ1v) is 7.81. The van der Waals surface area contributed by atoms with E-state index in [2.05, 4.69) is 10.6 Å². The number of aryl methyl sites for hydroxylation is 1. The van der Waals surface area contributed by atoms with Gasteiger partial charge in [0.2, 0.25) is 0 Å². The number of hydrogen-bond donors (Lipinski definition) is 2. The quantitative estimate of drug-likeness (QED) is 0.742. The molecule has 0 saturated carbocycles. The Morgan fingerprint density at radius 3 is 2.39 bits per heavy atom. The zero-order chi connectivity index (χ0) is 17.1. The summed E-state index contributed by atoms with van der Waals surface area (Å²) in [7, 11) is 0. The molecule has 2 aromatic rings. The summed E-state index contributed by atoms with van der Waals surface area (Å²) in [5.74, 6) is 0.839. The molecule has 1 heterocycles. The van der Waals surface area contributed by atoms with Crippen LogP contribution < -0.4 is 10.6 Å². The van der Waals surface area contributed by atoms with Crippen molar-refractivity contribution in [3.63, 3.8) is 0 Å². The zero-order valence-corrected chi connectivity index (χ0v) is 14.4. The van der Waals surface area contributed by atoms with Crippen molar-refractivity contribution in [3.8, 4) is 0 Å². The molecule has 1 aromatic heterocycles. The lowest BCUT2D eigenvalue weighted by Crippen LogP contribution is -2.38. The van der Waals surface area contributed by atoms with Crippen LogP contribution in [0.4, 0.5) is 9.18 Å². The largest absolute Gasteiger partial charge is 0.464 e. The van der Waals surface area contributed by atoms with E-state index in [0.717, 1.165) is 5.76 Å². The van der Waals surface area contributed by atoms with Crippen LogP contribution in [0, 0.1) is 12.7 Å². The van der Waals surface area contributed by atoms with Gasteiger partial charge in [0.1, 0.15) is 17.3 Å². The van der Waals surface area contributed by atoms with E-state index in [1.807, 2.05) is 13.0 Å². The Labute approximate surface area is 144 Å².